The van der Waals surface area contributed by atoms with Crippen molar-refractivity contribution in [2.45, 2.75) is 27.7 Å². The molecule has 3 N–H and O–H groups in total. The van der Waals surface area contributed by atoms with Gasteiger partial charge in [-0.25, -0.2) is 0 Å². The van der Waals surface area contributed by atoms with E-state index in [0.717, 1.165) is 22.5 Å². The van der Waals surface area contributed by atoms with Crippen molar-refractivity contribution in [2.75, 3.05) is 0 Å². The standard InChI is InChI=1S/C10H15N3O2/c1-5-9(7(3)12-14)6(2)11-10(5)8(4)13-15/h11,14-15H,1-4H3. The van der Waals surface area contributed by atoms with Crippen LogP contribution in [-0.4, -0.2) is 26.8 Å². The molecular weight excluding hydrogens is 194 g/mol. The molecule has 0 saturated carbocycles. The van der Waals surface area contributed by atoms with Gasteiger partial charge in [0, 0.05) is 11.3 Å². The van der Waals surface area contributed by atoms with E-state index in [1.54, 1.807) is 13.8 Å². The molecular formula is C10H15N3O2. The molecule has 5 heteroatoms. The first-order valence-electron chi connectivity index (χ1n) is 4.60. The van der Waals surface area contributed by atoms with Crippen molar-refractivity contribution in [3.8, 4) is 0 Å². The minimum atomic E-state index is 0.507. The lowest BCUT2D eigenvalue weighted by Crippen LogP contribution is -2.00. The molecule has 0 fully saturated rings. The second-order valence-electron chi connectivity index (χ2n) is 3.50. The zero-order chi connectivity index (χ0) is 11.6. The Kier molecular flexibility index (Phi) is 3.14. The molecule has 5 nitrogen and oxygen atoms in total. The maximum absolute atomic E-state index is 8.74. The van der Waals surface area contributed by atoms with Gasteiger partial charge in [0.2, 0.25) is 0 Å². The molecule has 0 spiro atoms. The molecule has 0 aliphatic heterocycles. The van der Waals surface area contributed by atoms with Crippen LogP contribution in [0.2, 0.25) is 0 Å². The maximum Gasteiger partial charge on any atom is 0.100 e. The summed E-state index contributed by atoms with van der Waals surface area (Å²) in [5.74, 6) is 0. The second-order valence-corrected chi connectivity index (χ2v) is 3.50. The van der Waals surface area contributed by atoms with Crippen molar-refractivity contribution in [3.63, 3.8) is 0 Å². The van der Waals surface area contributed by atoms with Crippen LogP contribution in [0.3, 0.4) is 0 Å². The van der Waals surface area contributed by atoms with Gasteiger partial charge in [0.1, 0.15) is 5.71 Å². The molecule has 0 amide bonds. The lowest BCUT2D eigenvalue weighted by atomic mass is 10.1. The Hall–Kier alpha value is -1.78. The summed E-state index contributed by atoms with van der Waals surface area (Å²) in [7, 11) is 0. The zero-order valence-electron chi connectivity index (χ0n) is 9.29. The Morgan fingerprint density at radius 1 is 1.07 bits per heavy atom. The van der Waals surface area contributed by atoms with Crippen LogP contribution >= 0.6 is 0 Å². The normalized spacial score (nSPS) is 13.3. The number of nitrogens with one attached hydrogen (secondary N) is 1. The highest BCUT2D eigenvalue weighted by molar-refractivity contribution is 6.06. The molecule has 0 bridgehead atoms. The summed E-state index contributed by atoms with van der Waals surface area (Å²) in [5, 5.41) is 23.7. The van der Waals surface area contributed by atoms with Crippen LogP contribution in [0.1, 0.15) is 36.4 Å². The Labute approximate surface area is 88.1 Å². The van der Waals surface area contributed by atoms with Gasteiger partial charge in [-0.05, 0) is 33.3 Å². The van der Waals surface area contributed by atoms with E-state index < -0.39 is 0 Å². The van der Waals surface area contributed by atoms with E-state index >= 15 is 0 Å². The van der Waals surface area contributed by atoms with E-state index in [1.165, 1.54) is 0 Å². The molecule has 1 rings (SSSR count). The van der Waals surface area contributed by atoms with Crippen LogP contribution in [0.25, 0.3) is 0 Å². The Balaban J connectivity index is 3.39. The number of H-pyrrole nitrogens is 1. The first-order valence-corrected chi connectivity index (χ1v) is 4.60. The highest BCUT2D eigenvalue weighted by Gasteiger charge is 2.15. The van der Waals surface area contributed by atoms with Gasteiger partial charge >= 0.3 is 0 Å². The average molecular weight is 209 g/mol. The minimum Gasteiger partial charge on any atom is -0.411 e. The van der Waals surface area contributed by atoms with Gasteiger partial charge < -0.3 is 15.4 Å². The van der Waals surface area contributed by atoms with Gasteiger partial charge in [-0.15, -0.1) is 0 Å². The van der Waals surface area contributed by atoms with Crippen LogP contribution in [0, 0.1) is 13.8 Å². The van der Waals surface area contributed by atoms with Gasteiger partial charge in [-0.3, -0.25) is 0 Å². The van der Waals surface area contributed by atoms with Gasteiger partial charge in [0.25, 0.3) is 0 Å². The number of aryl methyl sites for hydroxylation is 1. The van der Waals surface area contributed by atoms with Crippen molar-refractivity contribution in [1.29, 1.82) is 0 Å². The second kappa shape index (κ2) is 4.16. The smallest absolute Gasteiger partial charge is 0.100 e. The van der Waals surface area contributed by atoms with Crippen LogP contribution < -0.4 is 0 Å². The fraction of sp³-hybridized carbons (Fsp3) is 0.400. The van der Waals surface area contributed by atoms with E-state index in [0.29, 0.717) is 11.4 Å². The predicted molar refractivity (Wildman–Crippen MR) is 58.3 cm³/mol. The number of nitrogens with zero attached hydrogens (tertiary/aromatic N) is 2. The number of hydrogen-bond donors (Lipinski definition) is 3. The molecule has 82 valence electrons. The molecule has 1 aromatic rings. The summed E-state index contributed by atoms with van der Waals surface area (Å²) in [6, 6.07) is 0. The molecule has 0 saturated heterocycles. The molecule has 1 heterocycles. The third-order valence-electron chi connectivity index (χ3n) is 2.46. The summed E-state index contributed by atoms with van der Waals surface area (Å²) in [4.78, 5) is 3.10. The number of aromatic amines is 1. The topological polar surface area (TPSA) is 81.0 Å². The number of rotatable bonds is 2. The van der Waals surface area contributed by atoms with Crippen molar-refractivity contribution in [1.82, 2.24) is 4.98 Å². The monoisotopic (exact) mass is 209 g/mol. The first kappa shape index (κ1) is 11.3. The van der Waals surface area contributed by atoms with Crippen molar-refractivity contribution >= 4 is 11.4 Å². The van der Waals surface area contributed by atoms with Crippen LogP contribution in [0.15, 0.2) is 10.3 Å². The van der Waals surface area contributed by atoms with E-state index in [1.807, 2.05) is 13.8 Å². The van der Waals surface area contributed by atoms with Crippen molar-refractivity contribution in [3.05, 3.63) is 22.5 Å². The molecule has 0 aliphatic rings. The summed E-state index contributed by atoms with van der Waals surface area (Å²) in [6.07, 6.45) is 0. The van der Waals surface area contributed by atoms with Crippen molar-refractivity contribution in [2.24, 2.45) is 10.3 Å². The lowest BCUT2D eigenvalue weighted by Gasteiger charge is -1.99. The van der Waals surface area contributed by atoms with Crippen LogP contribution in [0.4, 0.5) is 0 Å². The number of hydrogen-bond acceptors (Lipinski definition) is 4. The fourth-order valence-corrected chi connectivity index (χ4v) is 1.75. The Morgan fingerprint density at radius 3 is 2.07 bits per heavy atom. The third kappa shape index (κ3) is 1.86. The van der Waals surface area contributed by atoms with E-state index in [4.69, 9.17) is 10.4 Å². The quantitative estimate of drug-likeness (QED) is 0.395. The fourth-order valence-electron chi connectivity index (χ4n) is 1.75. The first-order chi connectivity index (χ1) is 7.02. The van der Waals surface area contributed by atoms with Gasteiger partial charge in [0.05, 0.1) is 11.4 Å². The largest absolute Gasteiger partial charge is 0.411 e. The van der Waals surface area contributed by atoms with Gasteiger partial charge in [-0.2, -0.15) is 0 Å². The van der Waals surface area contributed by atoms with E-state index in [2.05, 4.69) is 15.3 Å². The molecule has 0 atom stereocenters. The highest BCUT2D eigenvalue weighted by atomic mass is 16.4. The lowest BCUT2D eigenvalue weighted by molar-refractivity contribution is 0.319. The van der Waals surface area contributed by atoms with E-state index in [-0.39, 0.29) is 0 Å². The van der Waals surface area contributed by atoms with Crippen molar-refractivity contribution < 1.29 is 10.4 Å². The summed E-state index contributed by atoms with van der Waals surface area (Å²) in [6.45, 7) is 7.19. The average Bonchev–Trinajstić information content (AvgIpc) is 2.52. The summed E-state index contributed by atoms with van der Waals surface area (Å²) >= 11 is 0. The maximum atomic E-state index is 8.74. The van der Waals surface area contributed by atoms with Crippen LogP contribution in [0.5, 0.6) is 0 Å². The molecule has 0 radical (unpaired) electrons. The summed E-state index contributed by atoms with van der Waals surface area (Å²) < 4.78 is 0. The number of oxime groups is 2. The van der Waals surface area contributed by atoms with Crippen LogP contribution in [-0.2, 0) is 0 Å². The molecule has 15 heavy (non-hydrogen) atoms. The Morgan fingerprint density at radius 2 is 1.60 bits per heavy atom. The highest BCUT2D eigenvalue weighted by Crippen LogP contribution is 2.19. The SMILES string of the molecule is CC(=NO)c1[nH]c(C)c(C(C)=NO)c1C. The molecule has 0 unspecified atom stereocenters. The number of aromatic nitrogens is 1. The van der Waals surface area contributed by atoms with Gasteiger partial charge in [-0.1, -0.05) is 10.3 Å². The van der Waals surface area contributed by atoms with Gasteiger partial charge in [0.15, 0.2) is 0 Å². The zero-order valence-corrected chi connectivity index (χ0v) is 9.29. The minimum absolute atomic E-state index is 0.507. The molecule has 1 aromatic heterocycles. The third-order valence-corrected chi connectivity index (χ3v) is 2.46. The Bertz CT molecular complexity index is 430. The molecule has 0 aliphatic carbocycles. The molecule has 0 aromatic carbocycles. The van der Waals surface area contributed by atoms with E-state index in [9.17, 15) is 0 Å². The summed E-state index contributed by atoms with van der Waals surface area (Å²) in [5.41, 5.74) is 4.47. The predicted octanol–water partition coefficient (Wildman–Crippen LogP) is 2.03.